The van der Waals surface area contributed by atoms with E-state index in [-0.39, 0.29) is 5.97 Å². The number of carbonyl (C=O) groups is 1. The number of aryl methyl sites for hydroxylation is 4. The van der Waals surface area contributed by atoms with Gasteiger partial charge in [-0.15, -0.1) is 0 Å². The lowest BCUT2D eigenvalue weighted by molar-refractivity contribution is -0.143. The Morgan fingerprint density at radius 1 is 1.11 bits per heavy atom. The zero-order chi connectivity index (χ0) is 19.4. The van der Waals surface area contributed by atoms with Crippen LogP contribution in [-0.4, -0.2) is 27.1 Å². The Hall–Kier alpha value is -2.69. The van der Waals surface area contributed by atoms with E-state index in [2.05, 4.69) is 48.7 Å². The average molecular weight is 365 g/mol. The molecule has 0 aliphatic carbocycles. The van der Waals surface area contributed by atoms with Gasteiger partial charge < -0.3 is 4.74 Å². The second-order valence-corrected chi connectivity index (χ2v) is 6.81. The topological polar surface area (TPSA) is 57.0 Å². The molecule has 3 rings (SSSR count). The molecule has 0 unspecified atom stereocenters. The highest BCUT2D eigenvalue weighted by atomic mass is 16.5. The molecule has 0 N–H and O–H groups in total. The normalized spacial score (nSPS) is 11.1. The van der Waals surface area contributed by atoms with E-state index in [0.717, 1.165) is 53.2 Å². The van der Waals surface area contributed by atoms with Crippen molar-refractivity contribution in [3.8, 4) is 5.69 Å². The van der Waals surface area contributed by atoms with Gasteiger partial charge in [0, 0.05) is 24.2 Å². The van der Waals surface area contributed by atoms with Crippen LogP contribution < -0.4 is 0 Å². The summed E-state index contributed by atoms with van der Waals surface area (Å²) in [7, 11) is 0. The highest BCUT2D eigenvalue weighted by Crippen LogP contribution is 2.24. The number of rotatable bonds is 7. The Balaban J connectivity index is 1.82. The molecular weight excluding hydrogens is 338 g/mol. The summed E-state index contributed by atoms with van der Waals surface area (Å²) in [6.45, 7) is 8.50. The number of nitrogens with zero attached hydrogens (tertiary/aromatic N) is 3. The largest absolute Gasteiger partial charge is 0.466 e. The zero-order valence-electron chi connectivity index (χ0n) is 16.6. The molecule has 0 fully saturated rings. The Kier molecular flexibility index (Phi) is 5.89. The van der Waals surface area contributed by atoms with Crippen LogP contribution in [-0.2, 0) is 22.4 Å². The highest BCUT2D eigenvalue weighted by molar-refractivity contribution is 5.78. The van der Waals surface area contributed by atoms with Crippen LogP contribution in [0.5, 0.6) is 0 Å². The van der Waals surface area contributed by atoms with Crippen molar-refractivity contribution in [2.75, 3.05) is 6.61 Å². The number of hydrogen-bond acceptors (Lipinski definition) is 4. The molecule has 5 nitrogen and oxygen atoms in total. The second kappa shape index (κ2) is 8.33. The number of imidazole rings is 1. The predicted molar refractivity (Wildman–Crippen MR) is 107 cm³/mol. The van der Waals surface area contributed by atoms with Crippen LogP contribution in [0, 0.1) is 13.8 Å². The van der Waals surface area contributed by atoms with Crippen LogP contribution in [0.1, 0.15) is 49.3 Å². The summed E-state index contributed by atoms with van der Waals surface area (Å²) in [6.07, 6.45) is 3.00. The fraction of sp³-hybridized carbons (Fsp3) is 0.409. The van der Waals surface area contributed by atoms with Crippen molar-refractivity contribution in [2.45, 2.75) is 53.4 Å². The van der Waals surface area contributed by atoms with Crippen molar-refractivity contribution in [2.24, 2.45) is 0 Å². The van der Waals surface area contributed by atoms with E-state index >= 15 is 0 Å². The van der Waals surface area contributed by atoms with Crippen LogP contribution in [0.25, 0.3) is 16.9 Å². The summed E-state index contributed by atoms with van der Waals surface area (Å²) in [4.78, 5) is 20.7. The van der Waals surface area contributed by atoms with Gasteiger partial charge in [0.05, 0.1) is 6.61 Å². The molecule has 0 aliphatic heterocycles. The van der Waals surface area contributed by atoms with Crippen LogP contribution in [0.15, 0.2) is 30.3 Å². The number of carbonyl (C=O) groups excluding carboxylic acids is 1. The summed E-state index contributed by atoms with van der Waals surface area (Å²) >= 11 is 0. The van der Waals surface area contributed by atoms with Gasteiger partial charge in [-0.2, -0.15) is 0 Å². The molecule has 0 bridgehead atoms. The number of pyridine rings is 1. The molecule has 1 aromatic carbocycles. The van der Waals surface area contributed by atoms with E-state index in [9.17, 15) is 4.79 Å². The molecule has 0 radical (unpaired) electrons. The van der Waals surface area contributed by atoms with Gasteiger partial charge in [-0.25, -0.2) is 9.97 Å². The SMILES string of the molecule is CCC(=O)OCCCc1ccc(-n2c(CC)nc3c(C)cc(C)nc32)cc1. The first kappa shape index (κ1) is 19.1. The first-order valence-electron chi connectivity index (χ1n) is 9.64. The quantitative estimate of drug-likeness (QED) is 0.457. The standard InChI is InChI=1S/C22H27N3O2/c1-5-19-24-21-15(3)14-16(4)23-22(21)25(19)18-11-9-17(10-12-18)8-7-13-27-20(26)6-2/h9-12,14H,5-8,13H2,1-4H3. The number of hydrogen-bond donors (Lipinski definition) is 0. The average Bonchev–Trinajstić information content (AvgIpc) is 3.04. The molecular formula is C22H27N3O2. The van der Waals surface area contributed by atoms with E-state index in [4.69, 9.17) is 14.7 Å². The first-order valence-corrected chi connectivity index (χ1v) is 9.64. The van der Waals surface area contributed by atoms with Crippen molar-refractivity contribution in [1.82, 2.24) is 14.5 Å². The molecule has 0 saturated heterocycles. The molecule has 3 aromatic rings. The lowest BCUT2D eigenvalue weighted by atomic mass is 10.1. The van der Waals surface area contributed by atoms with Crippen LogP contribution in [0.2, 0.25) is 0 Å². The van der Waals surface area contributed by atoms with E-state index in [1.54, 1.807) is 0 Å². The Bertz CT molecular complexity index is 942. The Morgan fingerprint density at radius 3 is 2.52 bits per heavy atom. The minimum absolute atomic E-state index is 0.137. The van der Waals surface area contributed by atoms with Crippen molar-refractivity contribution >= 4 is 17.1 Å². The lowest BCUT2D eigenvalue weighted by Crippen LogP contribution is -2.05. The van der Waals surface area contributed by atoms with Crippen molar-refractivity contribution in [3.63, 3.8) is 0 Å². The fourth-order valence-corrected chi connectivity index (χ4v) is 3.29. The zero-order valence-corrected chi connectivity index (χ0v) is 16.6. The van der Waals surface area contributed by atoms with Crippen LogP contribution in [0.3, 0.4) is 0 Å². The molecule has 142 valence electrons. The smallest absolute Gasteiger partial charge is 0.305 e. The summed E-state index contributed by atoms with van der Waals surface area (Å²) in [5.74, 6) is 0.882. The maximum Gasteiger partial charge on any atom is 0.305 e. The van der Waals surface area contributed by atoms with Crippen LogP contribution in [0.4, 0.5) is 0 Å². The highest BCUT2D eigenvalue weighted by Gasteiger charge is 2.14. The molecule has 0 amide bonds. The summed E-state index contributed by atoms with van der Waals surface area (Å²) in [5, 5.41) is 0. The van der Waals surface area contributed by atoms with Gasteiger partial charge in [-0.05, 0) is 56.0 Å². The molecule has 0 spiro atoms. The van der Waals surface area contributed by atoms with Gasteiger partial charge in [0.2, 0.25) is 0 Å². The number of ether oxygens (including phenoxy) is 1. The third kappa shape index (κ3) is 4.18. The first-order chi connectivity index (χ1) is 13.0. The van der Waals surface area contributed by atoms with E-state index in [1.807, 2.05) is 13.8 Å². The maximum absolute atomic E-state index is 11.2. The molecule has 5 heteroatoms. The number of benzene rings is 1. The molecule has 27 heavy (non-hydrogen) atoms. The number of fused-ring (bicyclic) bond motifs is 1. The lowest BCUT2D eigenvalue weighted by Gasteiger charge is -2.10. The van der Waals surface area contributed by atoms with Crippen molar-refractivity contribution < 1.29 is 9.53 Å². The Labute approximate surface area is 160 Å². The maximum atomic E-state index is 11.2. The van der Waals surface area contributed by atoms with E-state index in [1.165, 1.54) is 5.56 Å². The fourth-order valence-electron chi connectivity index (χ4n) is 3.29. The monoisotopic (exact) mass is 365 g/mol. The van der Waals surface area contributed by atoms with Gasteiger partial charge in [-0.3, -0.25) is 9.36 Å². The number of aromatic nitrogens is 3. The second-order valence-electron chi connectivity index (χ2n) is 6.81. The summed E-state index contributed by atoms with van der Waals surface area (Å²) in [5.41, 5.74) is 6.36. The van der Waals surface area contributed by atoms with Gasteiger partial charge in [0.25, 0.3) is 0 Å². The molecule has 0 aliphatic rings. The minimum atomic E-state index is -0.137. The van der Waals surface area contributed by atoms with Crippen molar-refractivity contribution in [1.29, 1.82) is 0 Å². The van der Waals surface area contributed by atoms with Gasteiger partial charge >= 0.3 is 5.97 Å². The molecule has 0 saturated carbocycles. The van der Waals surface area contributed by atoms with E-state index in [0.29, 0.717) is 13.0 Å². The van der Waals surface area contributed by atoms with Crippen molar-refractivity contribution in [3.05, 3.63) is 53.0 Å². The summed E-state index contributed by atoms with van der Waals surface area (Å²) < 4.78 is 7.29. The third-order valence-corrected chi connectivity index (χ3v) is 4.68. The molecule has 0 atom stereocenters. The Morgan fingerprint density at radius 2 is 1.85 bits per heavy atom. The van der Waals surface area contributed by atoms with E-state index < -0.39 is 0 Å². The van der Waals surface area contributed by atoms with Gasteiger partial charge in [0.1, 0.15) is 11.3 Å². The third-order valence-electron chi connectivity index (χ3n) is 4.68. The number of esters is 1. The van der Waals surface area contributed by atoms with Crippen LogP contribution >= 0.6 is 0 Å². The summed E-state index contributed by atoms with van der Waals surface area (Å²) in [6, 6.07) is 10.6. The predicted octanol–water partition coefficient (Wildman–Crippen LogP) is 4.49. The minimum Gasteiger partial charge on any atom is -0.466 e. The van der Waals surface area contributed by atoms with Gasteiger partial charge in [-0.1, -0.05) is 26.0 Å². The molecule has 2 heterocycles. The van der Waals surface area contributed by atoms with Gasteiger partial charge in [0.15, 0.2) is 5.65 Å². The molecule has 2 aromatic heterocycles.